The lowest BCUT2D eigenvalue weighted by atomic mass is 10.1. The summed E-state index contributed by atoms with van der Waals surface area (Å²) in [5, 5.41) is 3.76. The second-order valence-corrected chi connectivity index (χ2v) is 8.99. The van der Waals surface area contributed by atoms with Gasteiger partial charge in [0.15, 0.2) is 5.75 Å². The molecule has 0 spiro atoms. The minimum absolute atomic E-state index is 0.0738. The van der Waals surface area contributed by atoms with E-state index in [1.54, 1.807) is 19.1 Å². The molecule has 0 bridgehead atoms. The maximum absolute atomic E-state index is 13.2. The van der Waals surface area contributed by atoms with Gasteiger partial charge in [-0.3, -0.25) is 4.79 Å². The van der Waals surface area contributed by atoms with Crippen molar-refractivity contribution in [1.82, 2.24) is 9.78 Å². The van der Waals surface area contributed by atoms with E-state index in [2.05, 4.69) is 9.28 Å². The van der Waals surface area contributed by atoms with Gasteiger partial charge < -0.3 is 8.92 Å². The highest BCUT2D eigenvalue weighted by Crippen LogP contribution is 2.37. The van der Waals surface area contributed by atoms with Crippen LogP contribution in [0.15, 0.2) is 58.2 Å². The molecule has 0 radical (unpaired) electrons. The molecule has 0 N–H and O–H groups in total. The van der Waals surface area contributed by atoms with Crippen molar-refractivity contribution in [1.29, 1.82) is 0 Å². The van der Waals surface area contributed by atoms with Gasteiger partial charge in [0.25, 0.3) is 5.56 Å². The molecule has 0 fully saturated rings. The van der Waals surface area contributed by atoms with E-state index in [4.69, 9.17) is 4.74 Å². The molecule has 2 aromatic carbocycles. The van der Waals surface area contributed by atoms with Crippen LogP contribution >= 0.6 is 0 Å². The molecule has 0 saturated carbocycles. The molecule has 37 heavy (non-hydrogen) atoms. The summed E-state index contributed by atoms with van der Waals surface area (Å²) in [7, 11) is -5.45. The average Bonchev–Trinajstić information content (AvgIpc) is 2.78. The fourth-order valence-electron chi connectivity index (χ4n) is 2.95. The van der Waals surface area contributed by atoms with Gasteiger partial charge in [0.05, 0.1) is 29.5 Å². The van der Waals surface area contributed by atoms with Crippen molar-refractivity contribution in [3.05, 3.63) is 81.3 Å². The van der Waals surface area contributed by atoms with Crippen LogP contribution in [0.2, 0.25) is 0 Å². The Labute approximate surface area is 205 Å². The minimum Gasteiger partial charge on any atom is -0.461 e. The van der Waals surface area contributed by atoms with Gasteiger partial charge in [-0.25, -0.2) is 4.79 Å². The van der Waals surface area contributed by atoms with E-state index >= 15 is 0 Å². The maximum atomic E-state index is 13.2. The van der Waals surface area contributed by atoms with Crippen LogP contribution in [-0.2, 0) is 27.2 Å². The lowest BCUT2D eigenvalue weighted by Crippen LogP contribution is -2.26. The number of carbonyl (C=O) groups is 1. The number of carbonyl (C=O) groups excluding carboxylic acids is 1. The molecule has 1 heterocycles. The summed E-state index contributed by atoms with van der Waals surface area (Å²) >= 11 is 0. The fourth-order valence-corrected chi connectivity index (χ4v) is 3.95. The Balaban J connectivity index is 2.17. The molecule has 198 valence electrons. The van der Waals surface area contributed by atoms with Gasteiger partial charge in [-0.1, -0.05) is 17.7 Å². The first-order valence-electron chi connectivity index (χ1n) is 10.2. The Bertz CT molecular complexity index is 1460. The molecule has 0 aliphatic heterocycles. The summed E-state index contributed by atoms with van der Waals surface area (Å²) in [4.78, 5) is 23.5. The number of aromatic nitrogens is 2. The highest BCUT2D eigenvalue weighted by molar-refractivity contribution is 7.87. The van der Waals surface area contributed by atoms with E-state index < -0.39 is 61.5 Å². The van der Waals surface area contributed by atoms with Crippen LogP contribution in [0.1, 0.15) is 34.1 Å². The predicted octanol–water partition coefficient (Wildman–Crippen LogP) is 4.52. The molecule has 8 nitrogen and oxygen atoms in total. The number of rotatable bonds is 6. The lowest BCUT2D eigenvalue weighted by Gasteiger charge is -2.15. The van der Waals surface area contributed by atoms with Crippen LogP contribution in [0.25, 0.3) is 5.69 Å². The molecular formula is C22H16F6N2O6S. The summed E-state index contributed by atoms with van der Waals surface area (Å²) in [6, 6.07) is 6.20. The number of hydrogen-bond acceptors (Lipinski definition) is 7. The quantitative estimate of drug-likeness (QED) is 0.253. The summed E-state index contributed by atoms with van der Waals surface area (Å²) in [5.41, 5.74) is -4.75. The normalized spacial score (nSPS) is 12.3. The number of halogens is 6. The lowest BCUT2D eigenvalue weighted by molar-refractivity contribution is -0.143. The average molecular weight is 550 g/mol. The first-order chi connectivity index (χ1) is 17.0. The van der Waals surface area contributed by atoms with Gasteiger partial charge in [0.1, 0.15) is 4.90 Å². The third-order valence-electron chi connectivity index (χ3n) is 4.69. The van der Waals surface area contributed by atoms with E-state index in [9.17, 15) is 44.3 Å². The predicted molar refractivity (Wildman–Crippen MR) is 115 cm³/mol. The number of alkyl halides is 6. The van der Waals surface area contributed by atoms with Crippen molar-refractivity contribution in [2.45, 2.75) is 31.1 Å². The number of aryl methyl sites for hydroxylation is 1. The van der Waals surface area contributed by atoms with Gasteiger partial charge in [-0.2, -0.15) is 44.5 Å². The fraction of sp³-hybridized carbons (Fsp3) is 0.227. The number of esters is 1. The van der Waals surface area contributed by atoms with Crippen molar-refractivity contribution in [3.8, 4) is 11.4 Å². The minimum atomic E-state index is -5.45. The van der Waals surface area contributed by atoms with Crippen molar-refractivity contribution >= 4 is 16.1 Å². The van der Waals surface area contributed by atoms with Crippen molar-refractivity contribution < 1.29 is 48.5 Å². The van der Waals surface area contributed by atoms with Crippen molar-refractivity contribution in [3.63, 3.8) is 0 Å². The van der Waals surface area contributed by atoms with E-state index in [-0.39, 0.29) is 30.5 Å². The van der Waals surface area contributed by atoms with Gasteiger partial charge in [-0.05, 0) is 44.2 Å². The SMILES string of the molecule is CCOC(=O)c1nn(-c2ccc(C)cc2)c(=O)cc1OS(=O)(=O)c1cc(C(F)(F)F)cc(C(F)(F)F)c1. The third kappa shape index (κ3) is 6.28. The van der Waals surface area contributed by atoms with Gasteiger partial charge in [-0.15, -0.1) is 0 Å². The molecule has 0 aliphatic rings. The Hall–Kier alpha value is -3.88. The van der Waals surface area contributed by atoms with Gasteiger partial charge in [0, 0.05) is 0 Å². The Morgan fingerprint density at radius 3 is 1.97 bits per heavy atom. The van der Waals surface area contributed by atoms with E-state index in [1.165, 1.54) is 19.1 Å². The highest BCUT2D eigenvalue weighted by atomic mass is 32.2. The standard InChI is InChI=1S/C22H16F6N2O6S/c1-3-35-20(32)19-17(11-18(31)30(29-19)15-6-4-12(2)5-7-15)36-37(33,34)16-9-13(21(23,24)25)8-14(10-16)22(26,27)28/h4-11H,3H2,1-2H3. The third-order valence-corrected chi connectivity index (χ3v) is 5.91. The molecule has 15 heteroatoms. The van der Waals surface area contributed by atoms with E-state index in [0.29, 0.717) is 10.7 Å². The smallest absolute Gasteiger partial charge is 0.416 e. The molecule has 0 unspecified atom stereocenters. The first-order valence-corrected chi connectivity index (χ1v) is 11.6. The zero-order valence-electron chi connectivity index (χ0n) is 18.8. The molecule has 1 aromatic heterocycles. The Kier molecular flexibility index (Phi) is 7.40. The summed E-state index contributed by atoms with van der Waals surface area (Å²) in [6.45, 7) is 2.93. The molecule has 0 atom stereocenters. The molecule has 0 aliphatic carbocycles. The Morgan fingerprint density at radius 1 is 0.946 bits per heavy atom. The second kappa shape index (κ2) is 9.88. The molecular weight excluding hydrogens is 534 g/mol. The van der Waals surface area contributed by atoms with E-state index in [0.717, 1.165) is 5.56 Å². The second-order valence-electron chi connectivity index (χ2n) is 7.44. The zero-order chi connectivity index (χ0) is 27.8. The van der Waals surface area contributed by atoms with Crippen LogP contribution < -0.4 is 9.74 Å². The number of benzene rings is 2. The number of hydrogen-bond donors (Lipinski definition) is 0. The summed E-state index contributed by atoms with van der Waals surface area (Å²) in [5.74, 6) is -2.33. The van der Waals surface area contributed by atoms with Crippen LogP contribution in [0.3, 0.4) is 0 Å². The molecule has 3 aromatic rings. The van der Waals surface area contributed by atoms with Crippen LogP contribution in [0.5, 0.6) is 5.75 Å². The highest BCUT2D eigenvalue weighted by Gasteiger charge is 2.39. The van der Waals surface area contributed by atoms with Crippen LogP contribution in [0, 0.1) is 6.92 Å². The topological polar surface area (TPSA) is 105 Å². The van der Waals surface area contributed by atoms with E-state index in [1.807, 2.05) is 0 Å². The van der Waals surface area contributed by atoms with Crippen molar-refractivity contribution in [2.24, 2.45) is 0 Å². The maximum Gasteiger partial charge on any atom is 0.416 e. The summed E-state index contributed by atoms with van der Waals surface area (Å²) < 4.78 is 115. The van der Waals surface area contributed by atoms with Crippen LogP contribution in [0.4, 0.5) is 26.3 Å². The van der Waals surface area contributed by atoms with Gasteiger partial charge >= 0.3 is 28.4 Å². The van der Waals surface area contributed by atoms with Crippen molar-refractivity contribution in [2.75, 3.05) is 6.61 Å². The largest absolute Gasteiger partial charge is 0.461 e. The molecule has 0 saturated heterocycles. The number of ether oxygens (including phenoxy) is 1. The molecule has 3 rings (SSSR count). The first kappa shape index (κ1) is 27.7. The zero-order valence-corrected chi connectivity index (χ0v) is 19.7. The monoisotopic (exact) mass is 550 g/mol. The molecule has 0 amide bonds. The summed E-state index contributed by atoms with van der Waals surface area (Å²) in [6.07, 6.45) is -10.7. The Morgan fingerprint density at radius 2 is 1.49 bits per heavy atom. The number of nitrogens with zero attached hydrogens (tertiary/aromatic N) is 2. The van der Waals surface area contributed by atoms with Gasteiger partial charge in [0.2, 0.25) is 5.69 Å². The van der Waals surface area contributed by atoms with Crippen LogP contribution in [-0.4, -0.2) is 30.8 Å².